The second kappa shape index (κ2) is 6.06. The Morgan fingerprint density at radius 1 is 0.909 bits per heavy atom. The second-order valence-electron chi connectivity index (χ2n) is 5.29. The highest BCUT2D eigenvalue weighted by Gasteiger charge is 2.22. The van der Waals surface area contributed by atoms with Gasteiger partial charge in [-0.15, -0.1) is 0 Å². The van der Waals surface area contributed by atoms with E-state index in [1.807, 2.05) is 48.5 Å². The van der Waals surface area contributed by atoms with Crippen molar-refractivity contribution < 1.29 is 14.3 Å². The Kier molecular flexibility index (Phi) is 3.96. The summed E-state index contributed by atoms with van der Waals surface area (Å²) in [7, 11) is 3.26. The molecule has 1 aliphatic rings. The molecule has 1 aliphatic carbocycles. The van der Waals surface area contributed by atoms with Gasteiger partial charge < -0.3 is 9.47 Å². The molecule has 0 heterocycles. The van der Waals surface area contributed by atoms with E-state index in [0.717, 1.165) is 46.6 Å². The molecule has 2 aromatic rings. The molecule has 3 rings (SSSR count). The number of hydrogen-bond donors (Lipinski definition) is 0. The Morgan fingerprint density at radius 2 is 1.59 bits per heavy atom. The number of hydrogen-bond acceptors (Lipinski definition) is 3. The molecular formula is C19H18O3. The van der Waals surface area contributed by atoms with Gasteiger partial charge in [-0.1, -0.05) is 18.2 Å². The van der Waals surface area contributed by atoms with Gasteiger partial charge in [0.1, 0.15) is 11.5 Å². The van der Waals surface area contributed by atoms with Crippen molar-refractivity contribution in [1.29, 1.82) is 0 Å². The summed E-state index contributed by atoms with van der Waals surface area (Å²) < 4.78 is 10.4. The lowest BCUT2D eigenvalue weighted by Crippen LogP contribution is -2.14. The van der Waals surface area contributed by atoms with Crippen LogP contribution in [0, 0.1) is 0 Å². The van der Waals surface area contributed by atoms with Crippen LogP contribution in [-0.4, -0.2) is 20.0 Å². The molecule has 0 aliphatic heterocycles. The number of ketones is 1. The minimum Gasteiger partial charge on any atom is -0.497 e. The minimum atomic E-state index is 0.0935. The molecule has 0 saturated carbocycles. The van der Waals surface area contributed by atoms with E-state index in [2.05, 4.69) is 0 Å². The van der Waals surface area contributed by atoms with Crippen LogP contribution < -0.4 is 9.47 Å². The maximum absolute atomic E-state index is 12.7. The zero-order chi connectivity index (χ0) is 15.5. The van der Waals surface area contributed by atoms with Crippen molar-refractivity contribution in [3.63, 3.8) is 0 Å². The fraction of sp³-hybridized carbons (Fsp3) is 0.211. The fourth-order valence-electron chi connectivity index (χ4n) is 2.71. The molecule has 0 spiro atoms. The number of benzene rings is 2. The molecular weight excluding hydrogens is 276 g/mol. The van der Waals surface area contributed by atoms with Crippen molar-refractivity contribution in [2.75, 3.05) is 14.2 Å². The molecule has 0 aromatic heterocycles. The van der Waals surface area contributed by atoms with Crippen LogP contribution in [0.25, 0.3) is 6.08 Å². The van der Waals surface area contributed by atoms with Crippen LogP contribution in [-0.2, 0) is 6.42 Å². The predicted octanol–water partition coefficient (Wildman–Crippen LogP) is 3.92. The number of methoxy groups -OCH3 is 2. The molecule has 3 heteroatoms. The van der Waals surface area contributed by atoms with E-state index in [-0.39, 0.29) is 5.78 Å². The van der Waals surface area contributed by atoms with E-state index in [1.165, 1.54) is 0 Å². The summed E-state index contributed by atoms with van der Waals surface area (Å²) in [5.41, 5.74) is 3.70. The number of carbonyl (C=O) groups excluding carboxylic acids is 1. The zero-order valence-corrected chi connectivity index (χ0v) is 12.8. The number of aryl methyl sites for hydroxylation is 1. The largest absolute Gasteiger partial charge is 0.497 e. The highest BCUT2D eigenvalue weighted by atomic mass is 16.5. The lowest BCUT2D eigenvalue weighted by Gasteiger charge is -2.18. The molecule has 0 radical (unpaired) electrons. The summed E-state index contributed by atoms with van der Waals surface area (Å²) in [5, 5.41) is 0. The van der Waals surface area contributed by atoms with Crippen LogP contribution >= 0.6 is 0 Å². The molecule has 3 nitrogen and oxygen atoms in total. The van der Waals surface area contributed by atoms with Crippen molar-refractivity contribution in [3.05, 3.63) is 64.7 Å². The molecule has 0 amide bonds. The summed E-state index contributed by atoms with van der Waals surface area (Å²) in [5.74, 6) is 1.63. The lowest BCUT2D eigenvalue weighted by atomic mass is 9.86. The van der Waals surface area contributed by atoms with Crippen LogP contribution in [0.2, 0.25) is 0 Å². The summed E-state index contributed by atoms with van der Waals surface area (Å²) in [4.78, 5) is 12.7. The number of Topliss-reactive ketones (excluding diaryl/α,β-unsaturated/α-hetero) is 1. The predicted molar refractivity (Wildman–Crippen MR) is 86.6 cm³/mol. The van der Waals surface area contributed by atoms with Gasteiger partial charge in [0.05, 0.1) is 14.2 Å². The molecule has 0 bridgehead atoms. The average Bonchev–Trinajstić information content (AvgIpc) is 2.58. The quantitative estimate of drug-likeness (QED) is 0.805. The summed E-state index contributed by atoms with van der Waals surface area (Å²) >= 11 is 0. The number of carbonyl (C=O) groups is 1. The molecule has 112 valence electrons. The van der Waals surface area contributed by atoms with Crippen molar-refractivity contribution in [2.45, 2.75) is 12.8 Å². The van der Waals surface area contributed by atoms with Crippen molar-refractivity contribution in [3.8, 4) is 11.5 Å². The lowest BCUT2D eigenvalue weighted by molar-refractivity contribution is 0.102. The van der Waals surface area contributed by atoms with Crippen LogP contribution in [0.1, 0.15) is 27.9 Å². The molecule has 2 aromatic carbocycles. The Balaban J connectivity index is 1.92. The van der Waals surface area contributed by atoms with E-state index < -0.39 is 0 Å². The molecule has 0 N–H and O–H groups in total. The van der Waals surface area contributed by atoms with Gasteiger partial charge in [0.2, 0.25) is 0 Å². The van der Waals surface area contributed by atoms with E-state index in [0.29, 0.717) is 0 Å². The van der Waals surface area contributed by atoms with Gasteiger partial charge in [-0.2, -0.15) is 0 Å². The molecule has 0 fully saturated rings. The molecule has 0 atom stereocenters. The third-order valence-corrected chi connectivity index (χ3v) is 3.97. The second-order valence-corrected chi connectivity index (χ2v) is 5.29. The SMILES string of the molecule is COc1ccc(C=C2CCc3ccc(OC)cc3C2=O)cc1. The zero-order valence-electron chi connectivity index (χ0n) is 12.8. The van der Waals surface area contributed by atoms with E-state index in [1.54, 1.807) is 14.2 Å². The summed E-state index contributed by atoms with van der Waals surface area (Å²) in [6.07, 6.45) is 3.61. The third kappa shape index (κ3) is 2.75. The first-order valence-corrected chi connectivity index (χ1v) is 7.27. The van der Waals surface area contributed by atoms with Gasteiger partial charge in [0.25, 0.3) is 0 Å². The number of fused-ring (bicyclic) bond motifs is 1. The Hall–Kier alpha value is -2.55. The van der Waals surface area contributed by atoms with Gasteiger partial charge in [-0.25, -0.2) is 0 Å². The molecule has 22 heavy (non-hydrogen) atoms. The normalized spacial score (nSPS) is 15.5. The summed E-state index contributed by atoms with van der Waals surface area (Å²) in [6, 6.07) is 13.4. The fourth-order valence-corrected chi connectivity index (χ4v) is 2.71. The van der Waals surface area contributed by atoms with Crippen LogP contribution in [0.3, 0.4) is 0 Å². The van der Waals surface area contributed by atoms with Gasteiger partial charge in [0.15, 0.2) is 5.78 Å². The van der Waals surface area contributed by atoms with Crippen molar-refractivity contribution in [2.24, 2.45) is 0 Å². The summed E-state index contributed by atoms with van der Waals surface area (Å²) in [6.45, 7) is 0. The first kappa shape index (κ1) is 14.4. The highest BCUT2D eigenvalue weighted by molar-refractivity contribution is 6.13. The molecule has 0 saturated heterocycles. The van der Waals surface area contributed by atoms with Crippen LogP contribution in [0.15, 0.2) is 48.0 Å². The third-order valence-electron chi connectivity index (χ3n) is 3.97. The van der Waals surface area contributed by atoms with E-state index in [9.17, 15) is 4.79 Å². The smallest absolute Gasteiger partial charge is 0.189 e. The van der Waals surface area contributed by atoms with Gasteiger partial charge >= 0.3 is 0 Å². The maximum Gasteiger partial charge on any atom is 0.189 e. The topological polar surface area (TPSA) is 35.5 Å². The minimum absolute atomic E-state index is 0.0935. The average molecular weight is 294 g/mol. The van der Waals surface area contributed by atoms with Crippen molar-refractivity contribution >= 4 is 11.9 Å². The Bertz CT molecular complexity index is 727. The van der Waals surface area contributed by atoms with Crippen LogP contribution in [0.4, 0.5) is 0 Å². The Labute approximate surface area is 130 Å². The first-order valence-electron chi connectivity index (χ1n) is 7.27. The Morgan fingerprint density at radius 3 is 2.27 bits per heavy atom. The highest BCUT2D eigenvalue weighted by Crippen LogP contribution is 2.29. The first-order chi connectivity index (χ1) is 10.7. The van der Waals surface area contributed by atoms with Crippen molar-refractivity contribution in [1.82, 2.24) is 0 Å². The number of allylic oxidation sites excluding steroid dienone is 1. The monoisotopic (exact) mass is 294 g/mol. The van der Waals surface area contributed by atoms with E-state index >= 15 is 0 Å². The number of ether oxygens (including phenoxy) is 2. The van der Waals surface area contributed by atoms with Crippen LogP contribution in [0.5, 0.6) is 11.5 Å². The molecule has 0 unspecified atom stereocenters. The van der Waals surface area contributed by atoms with Gasteiger partial charge in [-0.05, 0) is 54.3 Å². The van der Waals surface area contributed by atoms with E-state index in [4.69, 9.17) is 9.47 Å². The van der Waals surface area contributed by atoms with Gasteiger partial charge in [0, 0.05) is 11.1 Å². The standard InChI is InChI=1S/C19H18O3/c1-21-16-8-3-13(4-9-16)11-15-6-5-14-7-10-17(22-2)12-18(14)19(15)20/h3-4,7-12H,5-6H2,1-2H3. The number of rotatable bonds is 3. The maximum atomic E-state index is 12.7. The van der Waals surface area contributed by atoms with Gasteiger partial charge in [-0.3, -0.25) is 4.79 Å².